The molecule has 7 aliphatic carbocycles. The van der Waals surface area contributed by atoms with E-state index in [2.05, 4.69) is 54.7 Å². The van der Waals surface area contributed by atoms with Gasteiger partial charge >= 0.3 is 23.9 Å². The molecular weight excluding hydrogens is 1160 g/mol. The normalized spacial score (nSPS) is 30.2. The van der Waals surface area contributed by atoms with Gasteiger partial charge in [-0.1, -0.05) is 234 Å². The van der Waals surface area contributed by atoms with Crippen molar-refractivity contribution in [1.82, 2.24) is 0 Å². The highest BCUT2D eigenvalue weighted by atomic mass is 16.6. The lowest BCUT2D eigenvalue weighted by Crippen LogP contribution is -2.42. The Morgan fingerprint density at radius 3 is 1.46 bits per heavy atom. The van der Waals surface area contributed by atoms with Crippen LogP contribution < -0.4 is 0 Å². The molecule has 7 aliphatic rings. The summed E-state index contributed by atoms with van der Waals surface area (Å²) in [6.07, 6.45) is 63.9. The van der Waals surface area contributed by atoms with E-state index in [0.29, 0.717) is 67.1 Å². The average Bonchev–Trinajstić information content (AvgIpc) is 1.59. The number of carbonyl (C=O) groups excluding carboxylic acids is 4. The molecular formula is C86H148O8. The molecule has 94 heavy (non-hydrogen) atoms. The summed E-state index contributed by atoms with van der Waals surface area (Å²) >= 11 is 0. The minimum Gasteiger partial charge on any atom is -0.465 e. The standard InChI is InChI=1S/C86H148O8/c1-10-16-20-23-28-34-42-66-48-49-67(43-35-29-24-26-31-38-46-82(88)92-63-71-56-69-58-77(71)80-60-72(59-78(69)80)86(50-14-5,52-40-19-13-4)94-84(90)64(7)8)74(73(66)44-36-22-18-12-3)45-37-30-25-27-32-39-47-83(89)93-85(9,51-41-33-21-17-11-2)61-70-55-68-57-76(70)79-54-65(53-75(68)79)62-91-81(87)15-6/h15,65-80H,6-7,10-14,16-63H2,1-5,8-9H3. The number of unbranched alkanes of at least 4 members (excludes halogenated alkanes) is 24. The molecule has 0 aromatic heterocycles. The van der Waals surface area contributed by atoms with Crippen molar-refractivity contribution in [1.29, 1.82) is 0 Å². The van der Waals surface area contributed by atoms with E-state index in [1.165, 1.54) is 244 Å². The quantitative estimate of drug-likeness (QED) is 0.0257. The third kappa shape index (κ3) is 24.3. The minimum atomic E-state index is -0.379. The van der Waals surface area contributed by atoms with Gasteiger partial charge in [0, 0.05) is 24.5 Å². The van der Waals surface area contributed by atoms with Crippen molar-refractivity contribution in [2.75, 3.05) is 13.2 Å². The van der Waals surface area contributed by atoms with E-state index in [9.17, 15) is 19.2 Å². The van der Waals surface area contributed by atoms with Gasteiger partial charge in [0.15, 0.2) is 0 Å². The van der Waals surface area contributed by atoms with Gasteiger partial charge in [0.2, 0.25) is 0 Å². The molecule has 7 rings (SSSR count). The van der Waals surface area contributed by atoms with E-state index in [4.69, 9.17) is 18.9 Å². The van der Waals surface area contributed by atoms with Crippen molar-refractivity contribution in [2.24, 2.45) is 94.7 Å². The van der Waals surface area contributed by atoms with E-state index in [-0.39, 0.29) is 35.1 Å². The van der Waals surface area contributed by atoms with Gasteiger partial charge in [0.1, 0.15) is 11.2 Å². The van der Waals surface area contributed by atoms with Crippen LogP contribution in [0.3, 0.4) is 0 Å². The van der Waals surface area contributed by atoms with Crippen molar-refractivity contribution in [3.63, 3.8) is 0 Å². The zero-order valence-electron chi connectivity index (χ0n) is 62.5. The van der Waals surface area contributed by atoms with Gasteiger partial charge in [0.25, 0.3) is 0 Å². The Hall–Kier alpha value is -2.64. The van der Waals surface area contributed by atoms with Gasteiger partial charge in [0.05, 0.1) is 13.2 Å². The molecule has 0 spiro atoms. The van der Waals surface area contributed by atoms with Crippen molar-refractivity contribution < 1.29 is 38.1 Å². The lowest BCUT2D eigenvalue weighted by Gasteiger charge is -2.44. The molecule has 18 atom stereocenters. The fourth-order valence-electron chi connectivity index (χ4n) is 22.2. The molecule has 18 unspecified atom stereocenters. The zero-order chi connectivity index (χ0) is 67.1. The van der Waals surface area contributed by atoms with Gasteiger partial charge < -0.3 is 18.9 Å². The molecule has 8 nitrogen and oxygen atoms in total. The van der Waals surface area contributed by atoms with Crippen LogP contribution in [0.15, 0.2) is 24.8 Å². The summed E-state index contributed by atoms with van der Waals surface area (Å²) in [4.78, 5) is 52.0. The summed E-state index contributed by atoms with van der Waals surface area (Å²) in [5.74, 6) is 10.9. The highest BCUT2D eigenvalue weighted by Crippen LogP contribution is 2.66. The summed E-state index contributed by atoms with van der Waals surface area (Å²) in [6.45, 7) is 24.2. The molecule has 0 heterocycles. The molecule has 0 saturated heterocycles. The number of hydrogen-bond donors (Lipinski definition) is 0. The number of ether oxygens (including phenoxy) is 4. The average molecular weight is 1310 g/mol. The number of esters is 4. The van der Waals surface area contributed by atoms with E-state index in [1.54, 1.807) is 6.92 Å². The molecule has 8 heteroatoms. The summed E-state index contributed by atoms with van der Waals surface area (Å²) in [5, 5.41) is 0. The van der Waals surface area contributed by atoms with Crippen LogP contribution in [0.5, 0.6) is 0 Å². The first-order valence-electron chi connectivity index (χ1n) is 41.7. The fourth-order valence-corrected chi connectivity index (χ4v) is 22.2. The Balaban J connectivity index is 0.814. The largest absolute Gasteiger partial charge is 0.465 e. The first kappa shape index (κ1) is 78.7. The van der Waals surface area contributed by atoms with Crippen LogP contribution in [-0.4, -0.2) is 48.3 Å². The Morgan fingerprint density at radius 2 is 0.883 bits per heavy atom. The van der Waals surface area contributed by atoms with Gasteiger partial charge in [-0.3, -0.25) is 9.59 Å². The van der Waals surface area contributed by atoms with Crippen molar-refractivity contribution in [2.45, 2.75) is 387 Å². The fraction of sp³-hybridized carbons (Fsp3) is 0.907. The number of fused-ring (bicyclic) bond motifs is 10. The van der Waals surface area contributed by atoms with Crippen LogP contribution in [0.1, 0.15) is 376 Å². The van der Waals surface area contributed by atoms with Gasteiger partial charge in [-0.15, -0.1) is 0 Å². The summed E-state index contributed by atoms with van der Waals surface area (Å²) in [7, 11) is 0. The molecule has 0 aliphatic heterocycles. The predicted molar refractivity (Wildman–Crippen MR) is 390 cm³/mol. The van der Waals surface area contributed by atoms with Crippen LogP contribution in [0.4, 0.5) is 0 Å². The third-order valence-corrected chi connectivity index (χ3v) is 26.9. The van der Waals surface area contributed by atoms with Gasteiger partial charge in [-0.25, -0.2) is 9.59 Å². The maximum Gasteiger partial charge on any atom is 0.333 e. The first-order valence-corrected chi connectivity index (χ1v) is 41.7. The Morgan fingerprint density at radius 1 is 0.426 bits per heavy atom. The van der Waals surface area contributed by atoms with Crippen LogP contribution in [0, 0.1) is 94.7 Å². The van der Waals surface area contributed by atoms with Crippen molar-refractivity contribution in [3.05, 3.63) is 24.8 Å². The summed E-state index contributed by atoms with van der Waals surface area (Å²) in [6, 6.07) is 0. The third-order valence-electron chi connectivity index (χ3n) is 26.9. The van der Waals surface area contributed by atoms with Crippen LogP contribution >= 0.6 is 0 Å². The summed E-state index contributed by atoms with van der Waals surface area (Å²) < 4.78 is 24.8. The summed E-state index contributed by atoms with van der Waals surface area (Å²) in [5.41, 5.74) is -0.245. The van der Waals surface area contributed by atoms with E-state index in [0.717, 1.165) is 136 Å². The first-order chi connectivity index (χ1) is 45.7. The predicted octanol–water partition coefficient (Wildman–Crippen LogP) is 24.4. The Kier molecular flexibility index (Phi) is 35.5. The maximum absolute atomic E-state index is 13.8. The van der Waals surface area contributed by atoms with Crippen LogP contribution in [-0.2, 0) is 38.1 Å². The van der Waals surface area contributed by atoms with Crippen LogP contribution in [0.2, 0.25) is 0 Å². The lowest BCUT2D eigenvalue weighted by molar-refractivity contribution is -0.165. The van der Waals surface area contributed by atoms with Gasteiger partial charge in [-0.05, 0) is 237 Å². The smallest absolute Gasteiger partial charge is 0.333 e. The lowest BCUT2D eigenvalue weighted by atomic mass is 9.61. The SMILES string of the molecule is C=CC(=O)OCC1CC2C3CC(CC(C)(CCCCCCC)OC(=O)CCCCCCCCC4C(CCCCCCCCC(=O)OCC5CC6CC5C5CC(C(CCC)(CCCCC)OC(=O)C(=C)C)CC65)CCC(CCCCCCCC)C4CCCCCC)C(C3)C2C1. The molecule has 0 aromatic carbocycles. The molecule has 0 amide bonds. The second kappa shape index (κ2) is 42.5. The molecule has 0 radical (unpaired) electrons. The highest BCUT2D eigenvalue weighted by Gasteiger charge is 2.60. The van der Waals surface area contributed by atoms with Crippen molar-refractivity contribution in [3.8, 4) is 0 Å². The van der Waals surface area contributed by atoms with Crippen LogP contribution in [0.25, 0.3) is 0 Å². The monoisotopic (exact) mass is 1310 g/mol. The zero-order valence-corrected chi connectivity index (χ0v) is 62.5. The van der Waals surface area contributed by atoms with Crippen molar-refractivity contribution >= 4 is 23.9 Å². The number of carbonyl (C=O) groups is 4. The Bertz CT molecular complexity index is 2190. The molecule has 540 valence electrons. The van der Waals surface area contributed by atoms with E-state index >= 15 is 0 Å². The molecule has 7 saturated carbocycles. The van der Waals surface area contributed by atoms with E-state index < -0.39 is 0 Å². The number of hydrogen-bond acceptors (Lipinski definition) is 8. The molecule has 0 N–H and O–H groups in total. The second-order valence-corrected chi connectivity index (χ2v) is 33.9. The second-order valence-electron chi connectivity index (χ2n) is 33.9. The topological polar surface area (TPSA) is 105 Å². The van der Waals surface area contributed by atoms with Gasteiger partial charge in [-0.2, -0.15) is 0 Å². The van der Waals surface area contributed by atoms with E-state index in [1.807, 2.05) is 0 Å². The Labute approximate surface area is 578 Å². The molecule has 0 aromatic rings. The highest BCUT2D eigenvalue weighted by molar-refractivity contribution is 5.87. The molecule has 4 bridgehead atoms. The minimum absolute atomic E-state index is 0.0155. The maximum atomic E-state index is 13.8. The number of rotatable bonds is 53. The molecule has 7 fully saturated rings.